The van der Waals surface area contributed by atoms with Crippen molar-refractivity contribution in [3.63, 3.8) is 0 Å². The Labute approximate surface area is 80.4 Å². The van der Waals surface area contributed by atoms with Crippen molar-refractivity contribution in [1.29, 1.82) is 5.26 Å². The van der Waals surface area contributed by atoms with Crippen molar-refractivity contribution < 1.29 is 0 Å². The van der Waals surface area contributed by atoms with Gasteiger partial charge in [0.25, 0.3) is 0 Å². The number of rotatable bonds is 1. The quantitative estimate of drug-likeness (QED) is 0.653. The molecule has 0 heterocycles. The number of hydrogen-bond donors (Lipinski definition) is 0. The minimum Gasteiger partial charge on any atom is -0.312 e. The molecular weight excluding hydrogens is 160 g/mol. The first-order chi connectivity index (χ1) is 6.16. The zero-order chi connectivity index (χ0) is 10.1. The van der Waals surface area contributed by atoms with E-state index in [1.807, 2.05) is 56.4 Å². The number of nitrogens with zero attached hydrogens (tertiary/aromatic N) is 2. The van der Waals surface area contributed by atoms with Crippen LogP contribution in [0, 0.1) is 11.3 Å². The van der Waals surface area contributed by atoms with Crippen LogP contribution in [-0.2, 0) is 6.42 Å². The first-order valence-corrected chi connectivity index (χ1v) is 4.18. The van der Waals surface area contributed by atoms with Crippen LogP contribution in [0.15, 0.2) is 30.3 Å². The van der Waals surface area contributed by atoms with E-state index in [9.17, 15) is 0 Å². The molecule has 0 unspecified atom stereocenters. The molecule has 0 bridgehead atoms. The van der Waals surface area contributed by atoms with Crippen LogP contribution in [0.2, 0.25) is 0 Å². The van der Waals surface area contributed by atoms with Crippen molar-refractivity contribution in [1.82, 2.24) is 4.90 Å². The van der Waals surface area contributed by atoms with Gasteiger partial charge >= 0.3 is 0 Å². The Morgan fingerprint density at radius 2 is 1.62 bits per heavy atom. The van der Waals surface area contributed by atoms with E-state index in [0.29, 0.717) is 6.42 Å². The molecule has 0 saturated heterocycles. The van der Waals surface area contributed by atoms with Gasteiger partial charge in [0, 0.05) is 0 Å². The van der Waals surface area contributed by atoms with Gasteiger partial charge < -0.3 is 4.90 Å². The summed E-state index contributed by atoms with van der Waals surface area (Å²) in [6.45, 7) is 0. The largest absolute Gasteiger partial charge is 0.312 e. The normalized spacial score (nSPS) is 8.54. The number of hydrogen-bond acceptors (Lipinski definition) is 2. The van der Waals surface area contributed by atoms with Crippen LogP contribution in [-0.4, -0.2) is 26.0 Å². The predicted molar refractivity (Wildman–Crippen MR) is 55.4 cm³/mol. The Morgan fingerprint density at radius 3 is 2.00 bits per heavy atom. The average molecular weight is 176 g/mol. The SMILES string of the molecule is CN(C)C.N#CCc1ccccc1. The fraction of sp³-hybridized carbons (Fsp3) is 0.364. The molecule has 0 spiro atoms. The van der Waals surface area contributed by atoms with Crippen LogP contribution in [0.3, 0.4) is 0 Å². The van der Waals surface area contributed by atoms with Crippen LogP contribution in [0.5, 0.6) is 0 Å². The molecule has 0 saturated carbocycles. The molecule has 0 aliphatic carbocycles. The Balaban J connectivity index is 0.000000310. The second-order valence-electron chi connectivity index (χ2n) is 3.16. The van der Waals surface area contributed by atoms with E-state index in [1.165, 1.54) is 0 Å². The molecule has 2 nitrogen and oxygen atoms in total. The molecule has 0 aliphatic heterocycles. The lowest BCUT2D eigenvalue weighted by molar-refractivity contribution is 0.505. The first kappa shape index (κ1) is 11.7. The Hall–Kier alpha value is -1.33. The van der Waals surface area contributed by atoms with E-state index in [2.05, 4.69) is 6.07 Å². The minimum absolute atomic E-state index is 0.515. The van der Waals surface area contributed by atoms with Gasteiger partial charge in [-0.1, -0.05) is 30.3 Å². The van der Waals surface area contributed by atoms with E-state index in [-0.39, 0.29) is 0 Å². The van der Waals surface area contributed by atoms with E-state index in [4.69, 9.17) is 5.26 Å². The van der Waals surface area contributed by atoms with Crippen molar-refractivity contribution in [2.75, 3.05) is 21.1 Å². The topological polar surface area (TPSA) is 27.0 Å². The summed E-state index contributed by atoms with van der Waals surface area (Å²) in [5.74, 6) is 0. The van der Waals surface area contributed by atoms with E-state index in [1.54, 1.807) is 0 Å². The summed E-state index contributed by atoms with van der Waals surface area (Å²) < 4.78 is 0. The molecule has 0 radical (unpaired) electrons. The lowest BCUT2D eigenvalue weighted by atomic mass is 10.2. The summed E-state index contributed by atoms with van der Waals surface area (Å²) in [6.07, 6.45) is 0.515. The maximum absolute atomic E-state index is 8.27. The summed E-state index contributed by atoms with van der Waals surface area (Å²) >= 11 is 0. The molecule has 13 heavy (non-hydrogen) atoms. The second-order valence-corrected chi connectivity index (χ2v) is 3.16. The zero-order valence-corrected chi connectivity index (χ0v) is 8.49. The lowest BCUT2D eigenvalue weighted by Gasteiger charge is -1.90. The molecule has 1 aromatic rings. The molecule has 0 amide bonds. The predicted octanol–water partition coefficient (Wildman–Crippen LogP) is 1.93. The van der Waals surface area contributed by atoms with E-state index < -0.39 is 0 Å². The highest BCUT2D eigenvalue weighted by atomic mass is 15.0. The van der Waals surface area contributed by atoms with Gasteiger partial charge in [0.15, 0.2) is 0 Å². The van der Waals surface area contributed by atoms with Crippen molar-refractivity contribution in [2.24, 2.45) is 0 Å². The molecule has 0 aromatic heterocycles. The van der Waals surface area contributed by atoms with Gasteiger partial charge in [-0.15, -0.1) is 0 Å². The Kier molecular flexibility index (Phi) is 6.58. The molecule has 70 valence electrons. The highest BCUT2D eigenvalue weighted by Gasteiger charge is 1.84. The standard InChI is InChI=1S/C8H7N.C3H9N/c9-7-6-8-4-2-1-3-5-8;1-4(2)3/h1-5H,6H2;1-3H3. The molecule has 1 aromatic carbocycles. The molecule has 0 atom stereocenters. The summed E-state index contributed by atoms with van der Waals surface area (Å²) in [6, 6.07) is 11.8. The van der Waals surface area contributed by atoms with Crippen LogP contribution >= 0.6 is 0 Å². The van der Waals surface area contributed by atoms with Gasteiger partial charge in [0.2, 0.25) is 0 Å². The van der Waals surface area contributed by atoms with Crippen LogP contribution in [0.1, 0.15) is 5.56 Å². The maximum atomic E-state index is 8.27. The highest BCUT2D eigenvalue weighted by Crippen LogP contribution is 1.96. The van der Waals surface area contributed by atoms with Gasteiger partial charge in [-0.3, -0.25) is 0 Å². The van der Waals surface area contributed by atoms with Gasteiger partial charge in [-0.05, 0) is 26.7 Å². The van der Waals surface area contributed by atoms with E-state index in [0.717, 1.165) is 5.56 Å². The van der Waals surface area contributed by atoms with Crippen molar-refractivity contribution in [2.45, 2.75) is 6.42 Å². The van der Waals surface area contributed by atoms with Crippen LogP contribution in [0.4, 0.5) is 0 Å². The van der Waals surface area contributed by atoms with Gasteiger partial charge in [0.05, 0.1) is 12.5 Å². The maximum Gasteiger partial charge on any atom is 0.0669 e. The molecule has 0 N–H and O–H groups in total. The molecule has 0 aliphatic rings. The molecular formula is C11H16N2. The van der Waals surface area contributed by atoms with Crippen LogP contribution in [0.25, 0.3) is 0 Å². The fourth-order valence-corrected chi connectivity index (χ4v) is 0.687. The molecule has 2 heteroatoms. The minimum atomic E-state index is 0.515. The third-order valence-electron chi connectivity index (χ3n) is 1.13. The smallest absolute Gasteiger partial charge is 0.0669 e. The third kappa shape index (κ3) is 8.58. The summed E-state index contributed by atoms with van der Waals surface area (Å²) in [5.41, 5.74) is 1.08. The van der Waals surface area contributed by atoms with Crippen molar-refractivity contribution in [3.8, 4) is 6.07 Å². The van der Waals surface area contributed by atoms with Crippen molar-refractivity contribution >= 4 is 0 Å². The number of benzene rings is 1. The Bertz CT molecular complexity index is 244. The average Bonchev–Trinajstić information content (AvgIpc) is 2.06. The number of nitriles is 1. The van der Waals surface area contributed by atoms with Crippen molar-refractivity contribution in [3.05, 3.63) is 35.9 Å². The molecule has 0 fully saturated rings. The lowest BCUT2D eigenvalue weighted by Crippen LogP contribution is -1.99. The van der Waals surface area contributed by atoms with Gasteiger partial charge in [-0.25, -0.2) is 0 Å². The summed E-state index contributed by atoms with van der Waals surface area (Å²) in [7, 11) is 6.00. The monoisotopic (exact) mass is 176 g/mol. The van der Waals surface area contributed by atoms with Gasteiger partial charge in [-0.2, -0.15) is 5.26 Å². The van der Waals surface area contributed by atoms with E-state index >= 15 is 0 Å². The summed E-state index contributed by atoms with van der Waals surface area (Å²) in [4.78, 5) is 2.00. The first-order valence-electron chi connectivity index (χ1n) is 4.18. The molecule has 1 rings (SSSR count). The highest BCUT2D eigenvalue weighted by molar-refractivity contribution is 5.17. The second kappa shape index (κ2) is 7.33. The zero-order valence-electron chi connectivity index (χ0n) is 8.49. The third-order valence-corrected chi connectivity index (χ3v) is 1.13. The van der Waals surface area contributed by atoms with Gasteiger partial charge in [0.1, 0.15) is 0 Å². The van der Waals surface area contributed by atoms with Crippen LogP contribution < -0.4 is 0 Å². The fourth-order valence-electron chi connectivity index (χ4n) is 0.687. The summed E-state index contributed by atoms with van der Waals surface area (Å²) in [5, 5.41) is 8.27. The Morgan fingerprint density at radius 1 is 1.15 bits per heavy atom.